The molecule has 1 aromatic heterocycles. The van der Waals surface area contributed by atoms with Gasteiger partial charge < -0.3 is 10.6 Å². The Labute approximate surface area is 125 Å². The van der Waals surface area contributed by atoms with E-state index in [0.29, 0.717) is 5.92 Å². The highest BCUT2D eigenvalue weighted by Crippen LogP contribution is 2.28. The van der Waals surface area contributed by atoms with Crippen molar-refractivity contribution in [1.29, 1.82) is 5.41 Å². The van der Waals surface area contributed by atoms with Crippen molar-refractivity contribution in [3.8, 4) is 0 Å². The minimum absolute atomic E-state index is 0.0990. The van der Waals surface area contributed by atoms with Gasteiger partial charge in [0.15, 0.2) is 0 Å². The second-order valence-corrected chi connectivity index (χ2v) is 5.83. The van der Waals surface area contributed by atoms with E-state index < -0.39 is 0 Å². The lowest BCUT2D eigenvalue weighted by atomic mass is 9.95. The predicted molar refractivity (Wildman–Crippen MR) is 88.0 cm³/mol. The molecule has 1 atom stereocenters. The summed E-state index contributed by atoms with van der Waals surface area (Å²) in [7, 11) is 0. The van der Waals surface area contributed by atoms with Gasteiger partial charge in [-0.05, 0) is 30.9 Å². The minimum Gasteiger partial charge on any atom is -0.384 e. The summed E-state index contributed by atoms with van der Waals surface area (Å²) in [6, 6.07) is 10.0. The van der Waals surface area contributed by atoms with Gasteiger partial charge in [0.25, 0.3) is 0 Å². The van der Waals surface area contributed by atoms with Crippen molar-refractivity contribution in [3.05, 3.63) is 35.9 Å². The number of pyridine rings is 1. The Morgan fingerprint density at radius 3 is 3.00 bits per heavy atom. The van der Waals surface area contributed by atoms with Crippen LogP contribution in [0.4, 0.5) is 5.82 Å². The Morgan fingerprint density at radius 2 is 2.24 bits per heavy atom. The van der Waals surface area contributed by atoms with E-state index in [9.17, 15) is 0 Å². The number of fused-ring (bicyclic) bond motifs is 1. The van der Waals surface area contributed by atoms with E-state index in [1.54, 1.807) is 0 Å². The van der Waals surface area contributed by atoms with Gasteiger partial charge in [0.2, 0.25) is 0 Å². The van der Waals surface area contributed by atoms with Crippen molar-refractivity contribution in [2.45, 2.75) is 26.2 Å². The molecule has 2 aromatic rings. The van der Waals surface area contributed by atoms with E-state index in [1.165, 1.54) is 19.3 Å². The van der Waals surface area contributed by atoms with Crippen LogP contribution >= 0.6 is 0 Å². The molecule has 4 heteroatoms. The van der Waals surface area contributed by atoms with Crippen molar-refractivity contribution in [2.24, 2.45) is 11.7 Å². The molecule has 0 radical (unpaired) electrons. The van der Waals surface area contributed by atoms with Crippen LogP contribution in [-0.2, 0) is 0 Å². The molecule has 1 fully saturated rings. The molecule has 3 N–H and O–H groups in total. The Balaban J connectivity index is 2.07. The molecule has 110 valence electrons. The van der Waals surface area contributed by atoms with Crippen LogP contribution in [0.3, 0.4) is 0 Å². The Morgan fingerprint density at radius 1 is 1.43 bits per heavy atom. The molecule has 1 saturated heterocycles. The molecule has 0 spiro atoms. The number of rotatable bonds is 3. The molecule has 0 bridgehead atoms. The molecule has 21 heavy (non-hydrogen) atoms. The molecule has 1 aliphatic heterocycles. The average Bonchev–Trinajstić information content (AvgIpc) is 2.53. The number of nitrogens with two attached hydrogens (primary N) is 1. The van der Waals surface area contributed by atoms with E-state index in [2.05, 4.69) is 11.8 Å². The lowest BCUT2D eigenvalue weighted by Crippen LogP contribution is -2.37. The number of hydrogen-bond acceptors (Lipinski definition) is 3. The van der Waals surface area contributed by atoms with Gasteiger partial charge in [-0.3, -0.25) is 5.41 Å². The summed E-state index contributed by atoms with van der Waals surface area (Å²) in [6.45, 7) is 4.26. The first-order chi connectivity index (χ1) is 10.2. The topological polar surface area (TPSA) is 66.0 Å². The van der Waals surface area contributed by atoms with Gasteiger partial charge in [0.05, 0.1) is 11.1 Å². The van der Waals surface area contributed by atoms with Gasteiger partial charge in [-0.25, -0.2) is 4.98 Å². The van der Waals surface area contributed by atoms with Crippen LogP contribution < -0.4 is 10.6 Å². The zero-order valence-electron chi connectivity index (χ0n) is 12.5. The fraction of sp³-hybridized carbons (Fsp3) is 0.412. The van der Waals surface area contributed by atoms with Crippen molar-refractivity contribution < 1.29 is 0 Å². The van der Waals surface area contributed by atoms with Crippen LogP contribution in [0.2, 0.25) is 0 Å². The standard InChI is InChI=1S/C17H22N4/c1-2-12-6-5-9-21(11-12)17-14(16(18)19)10-13-7-3-4-8-15(13)20-17/h3-4,7-8,10,12H,2,5-6,9,11H2,1H3,(H3,18,19). The monoisotopic (exact) mass is 282 g/mol. The third kappa shape index (κ3) is 2.71. The summed E-state index contributed by atoms with van der Waals surface area (Å²) in [5, 5.41) is 8.91. The molecule has 0 amide bonds. The number of aromatic nitrogens is 1. The smallest absolute Gasteiger partial charge is 0.140 e. The van der Waals surface area contributed by atoms with E-state index in [-0.39, 0.29) is 5.84 Å². The molecule has 0 saturated carbocycles. The summed E-state index contributed by atoms with van der Waals surface area (Å²) >= 11 is 0. The number of hydrogen-bond donors (Lipinski definition) is 2. The van der Waals surface area contributed by atoms with E-state index in [1.807, 2.05) is 30.3 Å². The molecule has 1 aromatic carbocycles. The molecule has 2 heterocycles. The molecule has 4 nitrogen and oxygen atoms in total. The van der Waals surface area contributed by atoms with Gasteiger partial charge in [-0.1, -0.05) is 31.5 Å². The fourth-order valence-corrected chi connectivity index (χ4v) is 3.14. The van der Waals surface area contributed by atoms with E-state index >= 15 is 0 Å². The number of amidine groups is 1. The molecular weight excluding hydrogens is 260 g/mol. The van der Waals surface area contributed by atoms with Crippen LogP contribution in [-0.4, -0.2) is 23.9 Å². The van der Waals surface area contributed by atoms with E-state index in [0.717, 1.165) is 35.4 Å². The normalized spacial score (nSPS) is 18.9. The summed E-state index contributed by atoms with van der Waals surface area (Å²) in [5.74, 6) is 1.69. The second-order valence-electron chi connectivity index (χ2n) is 5.83. The molecule has 1 unspecified atom stereocenters. The third-order valence-corrected chi connectivity index (χ3v) is 4.39. The van der Waals surface area contributed by atoms with E-state index in [4.69, 9.17) is 16.1 Å². The van der Waals surface area contributed by atoms with Crippen molar-refractivity contribution in [2.75, 3.05) is 18.0 Å². The largest absolute Gasteiger partial charge is 0.384 e. The molecule has 3 rings (SSSR count). The van der Waals surface area contributed by atoms with Crippen molar-refractivity contribution in [1.82, 2.24) is 4.98 Å². The quantitative estimate of drug-likeness (QED) is 0.671. The number of para-hydroxylation sites is 1. The van der Waals surface area contributed by atoms with Crippen LogP contribution in [0.15, 0.2) is 30.3 Å². The highest BCUT2D eigenvalue weighted by Gasteiger charge is 2.22. The van der Waals surface area contributed by atoms with Crippen molar-refractivity contribution in [3.63, 3.8) is 0 Å². The summed E-state index contributed by atoms with van der Waals surface area (Å²) in [6.07, 6.45) is 3.67. The SMILES string of the molecule is CCC1CCCN(c2nc3ccccc3cc2C(=N)N)C1. The number of nitrogens with zero attached hydrogens (tertiary/aromatic N) is 2. The maximum Gasteiger partial charge on any atom is 0.140 e. The Kier molecular flexibility index (Phi) is 3.78. The van der Waals surface area contributed by atoms with Gasteiger partial charge in [-0.2, -0.15) is 0 Å². The zero-order chi connectivity index (χ0) is 14.8. The lowest BCUT2D eigenvalue weighted by molar-refractivity contribution is 0.403. The second kappa shape index (κ2) is 5.72. The number of benzene rings is 1. The minimum atomic E-state index is 0.0990. The molecular formula is C17H22N4. The fourth-order valence-electron chi connectivity index (χ4n) is 3.14. The molecule has 1 aliphatic rings. The van der Waals surface area contributed by atoms with Gasteiger partial charge in [-0.15, -0.1) is 0 Å². The average molecular weight is 282 g/mol. The number of nitrogens with one attached hydrogen (secondary N) is 1. The maximum absolute atomic E-state index is 7.88. The van der Waals surface area contributed by atoms with Crippen LogP contribution in [0, 0.1) is 11.3 Å². The lowest BCUT2D eigenvalue weighted by Gasteiger charge is -2.34. The van der Waals surface area contributed by atoms with Gasteiger partial charge in [0, 0.05) is 18.5 Å². The highest BCUT2D eigenvalue weighted by atomic mass is 15.2. The Bertz CT molecular complexity index is 665. The maximum atomic E-state index is 7.88. The zero-order valence-corrected chi connectivity index (χ0v) is 12.5. The Hall–Kier alpha value is -2.10. The first-order valence-electron chi connectivity index (χ1n) is 7.68. The highest BCUT2D eigenvalue weighted by molar-refractivity contribution is 6.03. The first kappa shape index (κ1) is 13.9. The van der Waals surface area contributed by atoms with Gasteiger partial charge in [0.1, 0.15) is 11.7 Å². The summed E-state index contributed by atoms with van der Waals surface area (Å²) in [4.78, 5) is 7.10. The third-order valence-electron chi connectivity index (χ3n) is 4.39. The van der Waals surface area contributed by atoms with Crippen LogP contribution in [0.1, 0.15) is 31.7 Å². The summed E-state index contributed by atoms with van der Waals surface area (Å²) < 4.78 is 0. The number of piperidine rings is 1. The summed E-state index contributed by atoms with van der Waals surface area (Å²) in [5.41, 5.74) is 7.52. The number of nitrogen functional groups attached to an aromatic ring is 1. The van der Waals surface area contributed by atoms with Crippen LogP contribution in [0.5, 0.6) is 0 Å². The predicted octanol–water partition coefficient (Wildman–Crippen LogP) is 3.15. The van der Waals surface area contributed by atoms with Gasteiger partial charge >= 0.3 is 0 Å². The molecule has 0 aliphatic carbocycles. The van der Waals surface area contributed by atoms with Crippen LogP contribution in [0.25, 0.3) is 10.9 Å². The first-order valence-corrected chi connectivity index (χ1v) is 7.68. The number of anilines is 1. The van der Waals surface area contributed by atoms with Crippen molar-refractivity contribution >= 4 is 22.6 Å².